The predicted molar refractivity (Wildman–Crippen MR) is 122 cm³/mol. The quantitative estimate of drug-likeness (QED) is 0.387. The number of alkyl halides is 6. The van der Waals surface area contributed by atoms with Crippen molar-refractivity contribution in [1.29, 1.82) is 0 Å². The van der Waals surface area contributed by atoms with E-state index in [9.17, 15) is 31.1 Å². The van der Waals surface area contributed by atoms with Crippen molar-refractivity contribution in [1.82, 2.24) is 20.1 Å². The number of hydrogen-bond acceptors (Lipinski definition) is 4. The van der Waals surface area contributed by atoms with E-state index < -0.39 is 30.5 Å². The SMILES string of the molecule is Cc1nn(CC(F)(F)F)cc1C(=O)N[C@@H]1CCC[C@H](Nc2cc(C(F)(F)F)nc3ccc(Cl)cc23)C1. The molecule has 0 bridgehead atoms. The number of hydrogen-bond donors (Lipinski definition) is 2. The van der Waals surface area contributed by atoms with Gasteiger partial charge in [-0.15, -0.1) is 0 Å². The van der Waals surface area contributed by atoms with Crippen LogP contribution in [0.2, 0.25) is 5.02 Å². The van der Waals surface area contributed by atoms with Crippen LogP contribution >= 0.6 is 11.6 Å². The van der Waals surface area contributed by atoms with E-state index in [4.69, 9.17) is 11.6 Å². The van der Waals surface area contributed by atoms with E-state index in [1.165, 1.54) is 25.1 Å². The fourth-order valence-electron chi connectivity index (χ4n) is 4.40. The Morgan fingerprint density at radius 3 is 2.56 bits per heavy atom. The van der Waals surface area contributed by atoms with Crippen molar-refractivity contribution < 1.29 is 31.1 Å². The topological polar surface area (TPSA) is 71.8 Å². The van der Waals surface area contributed by atoms with Crippen molar-refractivity contribution in [2.24, 2.45) is 0 Å². The van der Waals surface area contributed by atoms with Crippen LogP contribution in [0.25, 0.3) is 10.9 Å². The van der Waals surface area contributed by atoms with E-state index >= 15 is 0 Å². The molecule has 2 heterocycles. The number of aromatic nitrogens is 3. The zero-order valence-electron chi connectivity index (χ0n) is 19.0. The summed E-state index contributed by atoms with van der Waals surface area (Å²) in [7, 11) is 0. The molecule has 1 fully saturated rings. The average Bonchev–Trinajstić information content (AvgIpc) is 3.12. The van der Waals surface area contributed by atoms with Crippen LogP contribution in [-0.4, -0.2) is 38.9 Å². The number of anilines is 1. The maximum atomic E-state index is 13.4. The molecule has 1 saturated carbocycles. The number of halogens is 7. The molecule has 13 heteroatoms. The van der Waals surface area contributed by atoms with Gasteiger partial charge in [0.05, 0.1) is 16.8 Å². The molecule has 0 aliphatic heterocycles. The van der Waals surface area contributed by atoms with Gasteiger partial charge in [0.1, 0.15) is 12.2 Å². The van der Waals surface area contributed by atoms with Crippen LogP contribution in [0.3, 0.4) is 0 Å². The van der Waals surface area contributed by atoms with E-state index in [1.54, 1.807) is 0 Å². The van der Waals surface area contributed by atoms with Gasteiger partial charge in [0.15, 0.2) is 0 Å². The third-order valence-electron chi connectivity index (χ3n) is 5.96. The monoisotopic (exact) mass is 533 g/mol. The molecule has 0 radical (unpaired) electrons. The predicted octanol–water partition coefficient (Wildman–Crippen LogP) is 6.13. The molecule has 6 nitrogen and oxygen atoms in total. The second-order valence-electron chi connectivity index (χ2n) is 8.83. The number of aryl methyl sites for hydroxylation is 1. The van der Waals surface area contributed by atoms with E-state index in [0.29, 0.717) is 40.8 Å². The number of benzene rings is 1. The minimum atomic E-state index is -4.64. The first kappa shape index (κ1) is 26.1. The first-order valence-electron chi connectivity index (χ1n) is 11.1. The Hall–Kier alpha value is -3.02. The number of pyridine rings is 1. The third-order valence-corrected chi connectivity index (χ3v) is 6.20. The highest BCUT2D eigenvalue weighted by atomic mass is 35.5. The molecule has 0 saturated heterocycles. The van der Waals surface area contributed by atoms with Gasteiger partial charge >= 0.3 is 12.4 Å². The molecule has 2 aromatic heterocycles. The highest BCUT2D eigenvalue weighted by Gasteiger charge is 2.34. The minimum Gasteiger partial charge on any atom is -0.382 e. The third kappa shape index (κ3) is 6.21. The zero-order chi connectivity index (χ0) is 26.3. The van der Waals surface area contributed by atoms with Crippen LogP contribution in [0.15, 0.2) is 30.5 Å². The molecule has 1 aromatic carbocycles. The standard InChI is InChI=1S/C23H22ClF6N5O/c1-12-17(10-35(34-12)11-22(25,26)27)21(36)32-15-4-2-3-14(8-15)31-19-9-20(23(28,29)30)33-18-6-5-13(24)7-16(18)19/h5-7,9-10,14-15H,2-4,8,11H2,1H3,(H,31,33)(H,32,36)/t14-,15+/m0/s1. The Kier molecular flexibility index (Phi) is 7.09. The van der Waals surface area contributed by atoms with Crippen molar-refractivity contribution in [3.8, 4) is 0 Å². The number of nitrogens with zero attached hydrogens (tertiary/aromatic N) is 3. The zero-order valence-corrected chi connectivity index (χ0v) is 19.7. The number of amides is 1. The first-order chi connectivity index (χ1) is 16.8. The molecule has 1 aliphatic carbocycles. The summed E-state index contributed by atoms with van der Waals surface area (Å²) in [4.78, 5) is 16.4. The highest BCUT2D eigenvalue weighted by Crippen LogP contribution is 2.35. The molecule has 36 heavy (non-hydrogen) atoms. The molecule has 194 valence electrons. The van der Waals surface area contributed by atoms with Crippen molar-refractivity contribution in [3.05, 3.63) is 52.4 Å². The lowest BCUT2D eigenvalue weighted by Gasteiger charge is -2.31. The van der Waals surface area contributed by atoms with Gasteiger partial charge in [0.25, 0.3) is 5.91 Å². The summed E-state index contributed by atoms with van der Waals surface area (Å²) in [5.41, 5.74) is -0.451. The number of nitrogens with one attached hydrogen (secondary N) is 2. The largest absolute Gasteiger partial charge is 0.433 e. The van der Waals surface area contributed by atoms with E-state index in [2.05, 4.69) is 20.7 Å². The van der Waals surface area contributed by atoms with Crippen LogP contribution in [0, 0.1) is 6.92 Å². The smallest absolute Gasteiger partial charge is 0.382 e. The van der Waals surface area contributed by atoms with Gasteiger partial charge in [-0.2, -0.15) is 31.4 Å². The van der Waals surface area contributed by atoms with Gasteiger partial charge in [-0.3, -0.25) is 9.48 Å². The highest BCUT2D eigenvalue weighted by molar-refractivity contribution is 6.31. The maximum Gasteiger partial charge on any atom is 0.433 e. The fraction of sp³-hybridized carbons (Fsp3) is 0.435. The van der Waals surface area contributed by atoms with Gasteiger partial charge in [0, 0.05) is 34.4 Å². The van der Waals surface area contributed by atoms with Gasteiger partial charge in [-0.05, 0) is 56.9 Å². The molecule has 0 unspecified atom stereocenters. The maximum absolute atomic E-state index is 13.4. The van der Waals surface area contributed by atoms with E-state index in [0.717, 1.165) is 12.3 Å². The molecule has 3 aromatic rings. The Bertz CT molecular complexity index is 1270. The number of rotatable bonds is 5. The Morgan fingerprint density at radius 1 is 1.14 bits per heavy atom. The lowest BCUT2D eigenvalue weighted by atomic mass is 9.90. The Morgan fingerprint density at radius 2 is 1.86 bits per heavy atom. The van der Waals surface area contributed by atoms with Crippen LogP contribution in [0.1, 0.15) is 47.4 Å². The number of fused-ring (bicyclic) bond motifs is 1. The van der Waals surface area contributed by atoms with E-state index in [1.807, 2.05) is 0 Å². The lowest BCUT2D eigenvalue weighted by molar-refractivity contribution is -0.143. The van der Waals surface area contributed by atoms with Crippen LogP contribution in [0.5, 0.6) is 0 Å². The number of carbonyl (C=O) groups is 1. The second kappa shape index (κ2) is 9.79. The summed E-state index contributed by atoms with van der Waals surface area (Å²) in [6.07, 6.45) is -5.68. The summed E-state index contributed by atoms with van der Waals surface area (Å²) in [6.45, 7) is 0.144. The summed E-state index contributed by atoms with van der Waals surface area (Å²) in [5, 5.41) is 10.5. The first-order valence-corrected chi connectivity index (χ1v) is 11.5. The molecule has 1 aliphatic rings. The molecule has 4 rings (SSSR count). The summed E-state index contributed by atoms with van der Waals surface area (Å²) in [6, 6.07) is 4.78. The summed E-state index contributed by atoms with van der Waals surface area (Å²) >= 11 is 6.06. The Balaban J connectivity index is 1.49. The summed E-state index contributed by atoms with van der Waals surface area (Å²) in [5.74, 6) is -0.549. The Labute approximate surface area is 207 Å². The van der Waals surface area contributed by atoms with Crippen LogP contribution in [0.4, 0.5) is 32.0 Å². The van der Waals surface area contributed by atoms with E-state index in [-0.39, 0.29) is 34.5 Å². The second-order valence-corrected chi connectivity index (χ2v) is 9.27. The average molecular weight is 534 g/mol. The fourth-order valence-corrected chi connectivity index (χ4v) is 4.58. The number of carbonyl (C=O) groups excluding carboxylic acids is 1. The molecule has 2 atom stereocenters. The molecule has 0 spiro atoms. The van der Waals surface area contributed by atoms with Gasteiger partial charge in [0.2, 0.25) is 0 Å². The van der Waals surface area contributed by atoms with Crippen molar-refractivity contribution in [2.75, 3.05) is 5.32 Å². The van der Waals surface area contributed by atoms with Gasteiger partial charge in [-0.1, -0.05) is 11.6 Å². The van der Waals surface area contributed by atoms with Gasteiger partial charge < -0.3 is 10.6 Å². The normalized spacial score (nSPS) is 18.9. The van der Waals surface area contributed by atoms with Crippen LogP contribution in [-0.2, 0) is 12.7 Å². The van der Waals surface area contributed by atoms with Crippen molar-refractivity contribution in [2.45, 2.75) is 63.6 Å². The molecular weight excluding hydrogens is 512 g/mol. The van der Waals surface area contributed by atoms with Crippen molar-refractivity contribution in [3.63, 3.8) is 0 Å². The minimum absolute atomic E-state index is 0.0407. The summed E-state index contributed by atoms with van der Waals surface area (Å²) < 4.78 is 78.8. The van der Waals surface area contributed by atoms with Crippen molar-refractivity contribution >= 4 is 34.1 Å². The van der Waals surface area contributed by atoms with Gasteiger partial charge in [-0.25, -0.2) is 4.98 Å². The lowest BCUT2D eigenvalue weighted by Crippen LogP contribution is -2.42. The molecule has 2 N–H and O–H groups in total. The molecular formula is C23H22ClF6N5O. The van der Waals surface area contributed by atoms with Crippen LogP contribution < -0.4 is 10.6 Å². The molecule has 1 amide bonds.